The number of nitrogens with one attached hydrogen (secondary N) is 1. The zero-order valence-electron chi connectivity index (χ0n) is 13.7. The Morgan fingerprint density at radius 2 is 2.04 bits per heavy atom. The molecule has 0 saturated heterocycles. The molecule has 0 unspecified atom stereocenters. The molecule has 0 bridgehead atoms. The van der Waals surface area contributed by atoms with Crippen molar-refractivity contribution in [2.45, 2.75) is 25.3 Å². The van der Waals surface area contributed by atoms with Gasteiger partial charge in [0.2, 0.25) is 10.0 Å². The first kappa shape index (κ1) is 18.7. The zero-order chi connectivity index (χ0) is 17.9. The van der Waals surface area contributed by atoms with E-state index in [1.54, 1.807) is 20.9 Å². The van der Waals surface area contributed by atoms with Gasteiger partial charge in [-0.05, 0) is 37.6 Å². The Hall–Kier alpha value is -1.64. The second-order valence-corrected chi connectivity index (χ2v) is 7.86. The van der Waals surface area contributed by atoms with Gasteiger partial charge >= 0.3 is 5.97 Å². The average Bonchev–Trinajstić information content (AvgIpc) is 2.83. The molecule has 0 amide bonds. The molecule has 1 aromatic heterocycles. The molecule has 0 aliphatic carbocycles. The molecule has 24 heavy (non-hydrogen) atoms. The molecule has 0 spiro atoms. The summed E-state index contributed by atoms with van der Waals surface area (Å²) < 4.78 is 35.0. The average molecular weight is 415 g/mol. The molecule has 0 aliphatic heterocycles. The number of esters is 1. The summed E-state index contributed by atoms with van der Waals surface area (Å²) in [7, 11) is -2.11. The van der Waals surface area contributed by atoms with E-state index < -0.39 is 16.0 Å². The molecular formula is C16H19BrN2O4S. The van der Waals surface area contributed by atoms with E-state index in [4.69, 9.17) is 4.74 Å². The van der Waals surface area contributed by atoms with Crippen molar-refractivity contribution in [3.8, 4) is 0 Å². The van der Waals surface area contributed by atoms with Crippen LogP contribution in [0.25, 0.3) is 0 Å². The van der Waals surface area contributed by atoms with Crippen LogP contribution in [0.15, 0.2) is 39.7 Å². The Morgan fingerprint density at radius 3 is 2.67 bits per heavy atom. The smallest absolute Gasteiger partial charge is 0.354 e. The van der Waals surface area contributed by atoms with Crippen LogP contribution in [0.4, 0.5) is 0 Å². The number of nitrogens with zero attached hydrogens (tertiary/aromatic N) is 1. The maximum absolute atomic E-state index is 12.6. The predicted molar refractivity (Wildman–Crippen MR) is 94.3 cm³/mol. The molecule has 8 heteroatoms. The van der Waals surface area contributed by atoms with E-state index in [1.807, 2.05) is 24.3 Å². The maximum atomic E-state index is 12.6. The summed E-state index contributed by atoms with van der Waals surface area (Å²) in [5.74, 6) is -0.545. The van der Waals surface area contributed by atoms with E-state index in [1.165, 1.54) is 10.6 Å². The standard InChI is InChI=1S/C16H19BrN2O4S/c1-4-23-16(20)14-9-15(11(2)19(14)3)24(21,22)18-10-12-6-5-7-13(17)8-12/h5-9,18H,4,10H2,1-3H3. The lowest BCUT2D eigenvalue weighted by molar-refractivity contribution is 0.0515. The summed E-state index contributed by atoms with van der Waals surface area (Å²) in [6.07, 6.45) is 0. The van der Waals surface area contributed by atoms with Crippen LogP contribution < -0.4 is 4.72 Å². The Bertz CT molecular complexity index is 859. The molecule has 0 fully saturated rings. The number of carbonyl (C=O) groups is 1. The van der Waals surface area contributed by atoms with Crippen LogP contribution in [0.5, 0.6) is 0 Å². The Morgan fingerprint density at radius 1 is 1.33 bits per heavy atom. The van der Waals surface area contributed by atoms with E-state index in [0.29, 0.717) is 5.69 Å². The van der Waals surface area contributed by atoms with Crippen molar-refractivity contribution in [3.05, 3.63) is 51.8 Å². The molecule has 6 nitrogen and oxygen atoms in total. The molecule has 1 aromatic carbocycles. The van der Waals surface area contributed by atoms with E-state index in [-0.39, 0.29) is 23.7 Å². The number of hydrogen-bond donors (Lipinski definition) is 1. The second kappa shape index (κ2) is 7.50. The van der Waals surface area contributed by atoms with Gasteiger partial charge in [0, 0.05) is 23.8 Å². The van der Waals surface area contributed by atoms with Crippen molar-refractivity contribution >= 4 is 31.9 Å². The number of benzene rings is 1. The van der Waals surface area contributed by atoms with Crippen LogP contribution in [-0.4, -0.2) is 25.6 Å². The fourth-order valence-corrected chi connectivity index (χ4v) is 4.00. The van der Waals surface area contributed by atoms with Gasteiger partial charge in [-0.1, -0.05) is 28.1 Å². The highest BCUT2D eigenvalue weighted by atomic mass is 79.9. The molecular weight excluding hydrogens is 396 g/mol. The maximum Gasteiger partial charge on any atom is 0.354 e. The molecule has 0 radical (unpaired) electrons. The van der Waals surface area contributed by atoms with Crippen LogP contribution in [0.2, 0.25) is 0 Å². The van der Waals surface area contributed by atoms with Gasteiger partial charge in [-0.15, -0.1) is 0 Å². The summed E-state index contributed by atoms with van der Waals surface area (Å²) in [6.45, 7) is 3.73. The van der Waals surface area contributed by atoms with Crippen LogP contribution in [0, 0.1) is 6.92 Å². The topological polar surface area (TPSA) is 77.4 Å². The van der Waals surface area contributed by atoms with E-state index in [9.17, 15) is 13.2 Å². The second-order valence-electron chi connectivity index (χ2n) is 5.21. The Kier molecular flexibility index (Phi) is 5.84. The minimum Gasteiger partial charge on any atom is -0.461 e. The monoisotopic (exact) mass is 414 g/mol. The predicted octanol–water partition coefficient (Wildman–Crippen LogP) is 2.75. The highest BCUT2D eigenvalue weighted by Gasteiger charge is 2.24. The highest BCUT2D eigenvalue weighted by Crippen LogP contribution is 2.21. The fourth-order valence-electron chi connectivity index (χ4n) is 2.25. The van der Waals surface area contributed by atoms with E-state index in [0.717, 1.165) is 10.0 Å². The minimum absolute atomic E-state index is 0.0723. The van der Waals surface area contributed by atoms with Crippen LogP contribution in [0.3, 0.4) is 0 Å². The minimum atomic E-state index is -3.75. The van der Waals surface area contributed by atoms with E-state index >= 15 is 0 Å². The number of carbonyl (C=O) groups excluding carboxylic acids is 1. The van der Waals surface area contributed by atoms with Crippen LogP contribution in [0.1, 0.15) is 28.7 Å². The molecule has 1 N–H and O–H groups in total. The summed E-state index contributed by atoms with van der Waals surface area (Å²) in [5, 5.41) is 0. The molecule has 130 valence electrons. The van der Waals surface area contributed by atoms with Crippen molar-refractivity contribution in [1.29, 1.82) is 0 Å². The van der Waals surface area contributed by atoms with Crippen LogP contribution in [-0.2, 0) is 28.4 Å². The number of halogens is 1. The molecule has 2 aromatic rings. The van der Waals surface area contributed by atoms with Crippen LogP contribution >= 0.6 is 15.9 Å². The lowest BCUT2D eigenvalue weighted by atomic mass is 10.2. The van der Waals surface area contributed by atoms with Crippen molar-refractivity contribution in [1.82, 2.24) is 9.29 Å². The number of aromatic nitrogens is 1. The highest BCUT2D eigenvalue weighted by molar-refractivity contribution is 9.10. The van der Waals surface area contributed by atoms with Crippen molar-refractivity contribution in [2.75, 3.05) is 6.61 Å². The van der Waals surface area contributed by atoms with Gasteiger partial charge in [-0.2, -0.15) is 0 Å². The zero-order valence-corrected chi connectivity index (χ0v) is 16.1. The summed E-state index contributed by atoms with van der Waals surface area (Å²) in [5.41, 5.74) is 1.50. The Balaban J connectivity index is 2.26. The molecule has 0 aliphatic rings. The van der Waals surface area contributed by atoms with Gasteiger partial charge < -0.3 is 9.30 Å². The number of rotatable bonds is 6. The summed E-state index contributed by atoms with van der Waals surface area (Å²) in [4.78, 5) is 12.0. The molecule has 2 rings (SSSR count). The van der Waals surface area contributed by atoms with Gasteiger partial charge in [0.15, 0.2) is 0 Å². The SMILES string of the molecule is CCOC(=O)c1cc(S(=O)(=O)NCc2cccc(Br)c2)c(C)n1C. The van der Waals surface area contributed by atoms with Gasteiger partial charge in [0.1, 0.15) is 10.6 Å². The van der Waals surface area contributed by atoms with Gasteiger partial charge in [-0.3, -0.25) is 0 Å². The lowest BCUT2D eigenvalue weighted by Gasteiger charge is -2.07. The Labute approximate surface area is 150 Å². The third-order valence-electron chi connectivity index (χ3n) is 3.62. The first-order valence-electron chi connectivity index (χ1n) is 7.33. The largest absolute Gasteiger partial charge is 0.461 e. The third kappa shape index (κ3) is 4.06. The first-order valence-corrected chi connectivity index (χ1v) is 9.61. The molecule has 0 atom stereocenters. The van der Waals surface area contributed by atoms with Crippen molar-refractivity contribution in [3.63, 3.8) is 0 Å². The van der Waals surface area contributed by atoms with Crippen molar-refractivity contribution < 1.29 is 17.9 Å². The van der Waals surface area contributed by atoms with E-state index in [2.05, 4.69) is 20.7 Å². The number of sulfonamides is 1. The third-order valence-corrected chi connectivity index (χ3v) is 5.63. The number of hydrogen-bond acceptors (Lipinski definition) is 4. The number of ether oxygens (including phenoxy) is 1. The lowest BCUT2D eigenvalue weighted by Crippen LogP contribution is -2.23. The quantitative estimate of drug-likeness (QED) is 0.737. The summed E-state index contributed by atoms with van der Waals surface area (Å²) >= 11 is 3.35. The van der Waals surface area contributed by atoms with Gasteiger partial charge in [-0.25, -0.2) is 17.9 Å². The molecule has 1 heterocycles. The van der Waals surface area contributed by atoms with Gasteiger partial charge in [0.25, 0.3) is 0 Å². The van der Waals surface area contributed by atoms with Gasteiger partial charge in [0.05, 0.1) is 6.61 Å². The van der Waals surface area contributed by atoms with Crippen molar-refractivity contribution in [2.24, 2.45) is 7.05 Å². The molecule has 0 saturated carbocycles. The fraction of sp³-hybridized carbons (Fsp3) is 0.312. The summed E-state index contributed by atoms with van der Waals surface area (Å²) in [6, 6.07) is 8.71. The normalized spacial score (nSPS) is 11.5. The first-order chi connectivity index (χ1) is 11.3.